The van der Waals surface area contributed by atoms with E-state index in [1.54, 1.807) is 19.0 Å². The Morgan fingerprint density at radius 1 is 1.32 bits per heavy atom. The first-order valence-electron chi connectivity index (χ1n) is 9.50. The molecule has 1 saturated carbocycles. The van der Waals surface area contributed by atoms with E-state index in [0.29, 0.717) is 16.9 Å². The molecule has 2 fully saturated rings. The van der Waals surface area contributed by atoms with Crippen molar-refractivity contribution in [1.29, 1.82) is 0 Å². The Morgan fingerprint density at radius 3 is 2.60 bits per heavy atom. The van der Waals surface area contributed by atoms with Crippen molar-refractivity contribution in [2.75, 3.05) is 47.8 Å². The van der Waals surface area contributed by atoms with Crippen LogP contribution in [-0.4, -0.2) is 68.4 Å². The van der Waals surface area contributed by atoms with Gasteiger partial charge in [-0.15, -0.1) is 0 Å². The zero-order valence-corrected chi connectivity index (χ0v) is 16.9. The largest absolute Gasteiger partial charge is 0.375 e. The highest BCUT2D eigenvalue weighted by molar-refractivity contribution is 6.31. The predicted octanol–water partition coefficient (Wildman–Crippen LogP) is 3.15. The molecule has 1 saturated heterocycles. The van der Waals surface area contributed by atoms with Crippen LogP contribution in [0.3, 0.4) is 0 Å². The van der Waals surface area contributed by atoms with Gasteiger partial charge in [0.2, 0.25) is 5.91 Å². The topological polar surface area (TPSA) is 26.8 Å². The fourth-order valence-electron chi connectivity index (χ4n) is 4.44. The predicted molar refractivity (Wildman–Crippen MR) is 103 cm³/mol. The van der Waals surface area contributed by atoms with Gasteiger partial charge in [0.1, 0.15) is 0 Å². The number of carbonyl (C=O) groups is 1. The summed E-state index contributed by atoms with van der Waals surface area (Å²) < 4.78 is 0. The summed E-state index contributed by atoms with van der Waals surface area (Å²) in [5.74, 6) is 0.775. The molecule has 2 aliphatic carbocycles. The molecule has 0 N–H and O–H groups in total. The summed E-state index contributed by atoms with van der Waals surface area (Å²) in [4.78, 5) is 18.5. The monoisotopic (exact) mass is 365 g/mol. The van der Waals surface area contributed by atoms with E-state index in [2.05, 4.69) is 30.0 Å². The maximum atomic E-state index is 12.2. The third kappa shape index (κ3) is 4.06. The van der Waals surface area contributed by atoms with Gasteiger partial charge in [0.25, 0.3) is 0 Å². The SMILES string of the molecule is CN1CCC2(CC1)CC2CCN(C)C1=CCC(C(=O)N(C)C)C(Cl)=C1. The summed E-state index contributed by atoms with van der Waals surface area (Å²) in [5, 5.41) is 0.668. The molecule has 3 aliphatic rings. The first-order chi connectivity index (χ1) is 11.8. The molecule has 0 aromatic heterocycles. The lowest BCUT2D eigenvalue weighted by Crippen LogP contribution is -2.32. The molecule has 1 aliphatic heterocycles. The summed E-state index contributed by atoms with van der Waals surface area (Å²) >= 11 is 6.41. The molecule has 25 heavy (non-hydrogen) atoms. The van der Waals surface area contributed by atoms with Crippen LogP contribution >= 0.6 is 11.6 Å². The number of likely N-dealkylation sites (tertiary alicyclic amines) is 1. The first kappa shape index (κ1) is 18.8. The number of piperidine rings is 1. The number of hydrogen-bond donors (Lipinski definition) is 0. The van der Waals surface area contributed by atoms with Gasteiger partial charge in [-0.2, -0.15) is 0 Å². The van der Waals surface area contributed by atoms with Crippen molar-refractivity contribution in [3.8, 4) is 0 Å². The van der Waals surface area contributed by atoms with Gasteiger partial charge in [-0.1, -0.05) is 17.7 Å². The maximum absolute atomic E-state index is 12.2. The van der Waals surface area contributed by atoms with Gasteiger partial charge < -0.3 is 14.7 Å². The number of rotatable bonds is 5. The normalized spacial score (nSPS) is 28.4. The van der Waals surface area contributed by atoms with E-state index in [1.807, 2.05) is 6.08 Å². The fourth-order valence-corrected chi connectivity index (χ4v) is 4.74. The van der Waals surface area contributed by atoms with Crippen molar-refractivity contribution >= 4 is 17.5 Å². The van der Waals surface area contributed by atoms with Crippen LogP contribution in [0.5, 0.6) is 0 Å². The van der Waals surface area contributed by atoms with Crippen LogP contribution in [0.1, 0.15) is 32.1 Å². The smallest absolute Gasteiger partial charge is 0.230 e. The van der Waals surface area contributed by atoms with Crippen LogP contribution in [0.15, 0.2) is 22.9 Å². The Labute approximate surface area is 157 Å². The van der Waals surface area contributed by atoms with E-state index in [9.17, 15) is 4.79 Å². The standard InChI is InChI=1S/C20H32ClN3O/c1-22(2)19(25)17-6-5-16(13-18(17)21)24(4)10-7-15-14-20(15)8-11-23(3)12-9-20/h5,13,15,17H,6-12,14H2,1-4H3. The lowest BCUT2D eigenvalue weighted by Gasteiger charge is -2.31. The quantitative estimate of drug-likeness (QED) is 0.748. The molecule has 4 nitrogen and oxygen atoms in total. The summed E-state index contributed by atoms with van der Waals surface area (Å²) in [6.45, 7) is 3.59. The number of carbonyl (C=O) groups excluding carboxylic acids is 1. The second-order valence-electron chi connectivity index (χ2n) is 8.46. The molecule has 0 bridgehead atoms. The molecule has 2 atom stereocenters. The van der Waals surface area contributed by atoms with Gasteiger partial charge in [-0.25, -0.2) is 0 Å². The van der Waals surface area contributed by atoms with Crippen LogP contribution in [0.2, 0.25) is 0 Å². The Kier molecular flexibility index (Phi) is 5.50. The minimum absolute atomic E-state index is 0.0846. The lowest BCUT2D eigenvalue weighted by atomic mass is 9.90. The average molecular weight is 366 g/mol. The van der Waals surface area contributed by atoms with Crippen LogP contribution in [0.25, 0.3) is 0 Å². The molecular formula is C20H32ClN3O. The van der Waals surface area contributed by atoms with Gasteiger partial charge in [0.05, 0.1) is 5.92 Å². The van der Waals surface area contributed by atoms with E-state index in [-0.39, 0.29) is 11.8 Å². The minimum atomic E-state index is -0.209. The van der Waals surface area contributed by atoms with E-state index in [4.69, 9.17) is 11.6 Å². The van der Waals surface area contributed by atoms with E-state index < -0.39 is 0 Å². The Hall–Kier alpha value is -1.00. The van der Waals surface area contributed by atoms with Gasteiger partial charge in [-0.05, 0) is 69.7 Å². The molecule has 5 heteroatoms. The number of likely N-dealkylation sites (N-methyl/N-ethyl adjacent to an activating group) is 1. The highest BCUT2D eigenvalue weighted by atomic mass is 35.5. The molecule has 1 amide bonds. The zero-order chi connectivity index (χ0) is 18.2. The first-order valence-corrected chi connectivity index (χ1v) is 9.88. The van der Waals surface area contributed by atoms with Crippen LogP contribution in [0.4, 0.5) is 0 Å². The van der Waals surface area contributed by atoms with Crippen molar-refractivity contribution in [2.45, 2.75) is 32.1 Å². The van der Waals surface area contributed by atoms with Crippen molar-refractivity contribution < 1.29 is 4.79 Å². The van der Waals surface area contributed by atoms with E-state index in [0.717, 1.165) is 18.2 Å². The molecule has 1 heterocycles. The van der Waals surface area contributed by atoms with Crippen molar-refractivity contribution in [3.05, 3.63) is 22.9 Å². The lowest BCUT2D eigenvalue weighted by molar-refractivity contribution is -0.131. The van der Waals surface area contributed by atoms with Gasteiger partial charge in [-0.3, -0.25) is 4.79 Å². The van der Waals surface area contributed by atoms with E-state index >= 15 is 0 Å². The van der Waals surface area contributed by atoms with Crippen LogP contribution < -0.4 is 0 Å². The van der Waals surface area contributed by atoms with Crippen molar-refractivity contribution in [3.63, 3.8) is 0 Å². The van der Waals surface area contributed by atoms with Crippen LogP contribution in [-0.2, 0) is 4.79 Å². The van der Waals surface area contributed by atoms with Crippen molar-refractivity contribution in [1.82, 2.24) is 14.7 Å². The number of amides is 1. The highest BCUT2D eigenvalue weighted by Crippen LogP contribution is 2.60. The summed E-state index contributed by atoms with van der Waals surface area (Å²) in [7, 11) is 7.95. The van der Waals surface area contributed by atoms with E-state index in [1.165, 1.54) is 38.8 Å². The summed E-state index contributed by atoms with van der Waals surface area (Å²) in [5.41, 5.74) is 1.82. The van der Waals surface area contributed by atoms with Crippen LogP contribution in [0, 0.1) is 17.3 Å². The molecule has 0 aromatic carbocycles. The van der Waals surface area contributed by atoms with Gasteiger partial charge in [0.15, 0.2) is 0 Å². The fraction of sp³-hybridized carbons (Fsp3) is 0.750. The number of allylic oxidation sites excluding steroid dienone is 2. The van der Waals surface area contributed by atoms with Crippen molar-refractivity contribution in [2.24, 2.45) is 17.3 Å². The number of nitrogens with zero attached hydrogens (tertiary/aromatic N) is 3. The molecule has 2 unspecified atom stereocenters. The zero-order valence-electron chi connectivity index (χ0n) is 16.1. The van der Waals surface area contributed by atoms with Gasteiger partial charge >= 0.3 is 0 Å². The summed E-state index contributed by atoms with van der Waals surface area (Å²) in [6.07, 6.45) is 10.3. The third-order valence-electron chi connectivity index (χ3n) is 6.52. The molecule has 0 aromatic rings. The Balaban J connectivity index is 1.48. The molecule has 140 valence electrons. The minimum Gasteiger partial charge on any atom is -0.375 e. The number of halogens is 1. The molecule has 1 spiro atoms. The second-order valence-corrected chi connectivity index (χ2v) is 8.89. The maximum Gasteiger partial charge on any atom is 0.230 e. The van der Waals surface area contributed by atoms with Gasteiger partial charge in [0, 0.05) is 38.4 Å². The highest BCUT2D eigenvalue weighted by Gasteiger charge is 2.53. The summed E-state index contributed by atoms with van der Waals surface area (Å²) in [6, 6.07) is 0. The Bertz CT molecular complexity index is 575. The molecule has 3 rings (SSSR count). The average Bonchev–Trinajstić information content (AvgIpc) is 3.27. The third-order valence-corrected chi connectivity index (χ3v) is 6.89. The number of hydrogen-bond acceptors (Lipinski definition) is 3. The molecule has 0 radical (unpaired) electrons. The Morgan fingerprint density at radius 2 is 2.00 bits per heavy atom. The molecular weight excluding hydrogens is 334 g/mol. The second kappa shape index (κ2) is 7.32.